The highest BCUT2D eigenvalue weighted by atomic mass is 15.0. The molecule has 0 atom stereocenters. The van der Waals surface area contributed by atoms with Crippen LogP contribution < -0.4 is 0 Å². The molecule has 0 saturated carbocycles. The van der Waals surface area contributed by atoms with Gasteiger partial charge >= 0.3 is 0 Å². The number of rotatable bonds is 2. The predicted octanol–water partition coefficient (Wildman–Crippen LogP) is 10.2. The van der Waals surface area contributed by atoms with Gasteiger partial charge in [-0.05, 0) is 64.7 Å². The molecule has 0 spiro atoms. The Bertz CT molecular complexity index is 2330. The van der Waals surface area contributed by atoms with Crippen molar-refractivity contribution < 1.29 is 0 Å². The fourth-order valence-electron chi connectivity index (χ4n) is 7.48. The smallest absolute Gasteiger partial charge is 0.0641 e. The SMILES string of the molecule is CC1(C)c2ccccc2-c2cc(-n3c4ccccc4c4c3ccc3c5ccccc5n(-c5ccccc5)c34)ccc21. The largest absolute Gasteiger partial charge is 0.309 e. The van der Waals surface area contributed by atoms with Gasteiger partial charge < -0.3 is 9.13 Å². The monoisotopic (exact) mass is 524 g/mol. The van der Waals surface area contributed by atoms with E-state index in [-0.39, 0.29) is 5.41 Å². The van der Waals surface area contributed by atoms with E-state index in [2.05, 4.69) is 156 Å². The molecule has 0 N–H and O–H groups in total. The highest BCUT2D eigenvalue weighted by Gasteiger charge is 2.35. The summed E-state index contributed by atoms with van der Waals surface area (Å²) in [4.78, 5) is 0. The lowest BCUT2D eigenvalue weighted by Crippen LogP contribution is -2.14. The van der Waals surface area contributed by atoms with Crippen molar-refractivity contribution in [1.82, 2.24) is 9.13 Å². The molecule has 8 aromatic rings. The maximum Gasteiger partial charge on any atom is 0.0641 e. The van der Waals surface area contributed by atoms with Crippen LogP contribution in [0.25, 0.3) is 66.1 Å². The van der Waals surface area contributed by atoms with Crippen LogP contribution in [-0.2, 0) is 5.41 Å². The molecule has 0 unspecified atom stereocenters. The van der Waals surface area contributed by atoms with Crippen molar-refractivity contribution in [3.63, 3.8) is 0 Å². The zero-order valence-electron chi connectivity index (χ0n) is 23.1. The minimum atomic E-state index is -0.00589. The van der Waals surface area contributed by atoms with E-state index in [0.29, 0.717) is 0 Å². The molecule has 2 heteroatoms. The summed E-state index contributed by atoms with van der Waals surface area (Å²) < 4.78 is 4.91. The van der Waals surface area contributed by atoms with Crippen LogP contribution in [0.15, 0.2) is 133 Å². The minimum absolute atomic E-state index is 0.00589. The average Bonchev–Trinajstić information content (AvgIpc) is 3.61. The van der Waals surface area contributed by atoms with Crippen LogP contribution >= 0.6 is 0 Å². The number of para-hydroxylation sites is 3. The zero-order valence-corrected chi connectivity index (χ0v) is 23.1. The van der Waals surface area contributed by atoms with Crippen LogP contribution in [0.1, 0.15) is 25.0 Å². The van der Waals surface area contributed by atoms with E-state index in [1.54, 1.807) is 0 Å². The van der Waals surface area contributed by atoms with Gasteiger partial charge in [-0.3, -0.25) is 0 Å². The highest BCUT2D eigenvalue weighted by Crippen LogP contribution is 2.50. The molecule has 41 heavy (non-hydrogen) atoms. The van der Waals surface area contributed by atoms with Gasteiger partial charge in [0.05, 0.1) is 22.1 Å². The quantitative estimate of drug-likeness (QED) is 0.213. The molecule has 1 aliphatic carbocycles. The lowest BCUT2D eigenvalue weighted by Gasteiger charge is -2.21. The van der Waals surface area contributed by atoms with E-state index < -0.39 is 0 Å². The minimum Gasteiger partial charge on any atom is -0.309 e. The van der Waals surface area contributed by atoms with Gasteiger partial charge in [-0.15, -0.1) is 0 Å². The summed E-state index contributed by atoms with van der Waals surface area (Å²) in [6.07, 6.45) is 0. The van der Waals surface area contributed by atoms with Gasteiger partial charge in [-0.2, -0.15) is 0 Å². The first-order chi connectivity index (χ1) is 20.1. The molecule has 6 aromatic carbocycles. The first-order valence-corrected chi connectivity index (χ1v) is 14.4. The number of aromatic nitrogens is 2. The predicted molar refractivity (Wildman–Crippen MR) is 173 cm³/mol. The second kappa shape index (κ2) is 7.99. The van der Waals surface area contributed by atoms with Crippen LogP contribution in [0.2, 0.25) is 0 Å². The molecular weight excluding hydrogens is 496 g/mol. The zero-order chi connectivity index (χ0) is 27.3. The summed E-state index contributed by atoms with van der Waals surface area (Å²) in [5, 5.41) is 5.12. The lowest BCUT2D eigenvalue weighted by atomic mass is 9.82. The lowest BCUT2D eigenvalue weighted by molar-refractivity contribution is 0.660. The normalized spacial score (nSPS) is 13.8. The van der Waals surface area contributed by atoms with Crippen LogP contribution in [0.3, 0.4) is 0 Å². The second-order valence-electron chi connectivity index (χ2n) is 11.8. The molecule has 0 aliphatic heterocycles. The topological polar surface area (TPSA) is 9.86 Å². The van der Waals surface area contributed by atoms with Gasteiger partial charge in [-0.25, -0.2) is 0 Å². The van der Waals surface area contributed by atoms with Gasteiger partial charge in [0.25, 0.3) is 0 Å². The third-order valence-corrected chi connectivity index (χ3v) is 9.31. The molecule has 2 aromatic heterocycles. The molecule has 0 fully saturated rings. The van der Waals surface area contributed by atoms with Crippen molar-refractivity contribution in [2.45, 2.75) is 19.3 Å². The Hall–Kier alpha value is -5.08. The Morgan fingerprint density at radius 1 is 0.439 bits per heavy atom. The number of fused-ring (bicyclic) bond motifs is 10. The Morgan fingerprint density at radius 3 is 1.93 bits per heavy atom. The molecule has 0 bridgehead atoms. The van der Waals surface area contributed by atoms with E-state index in [0.717, 1.165) is 0 Å². The summed E-state index contributed by atoms with van der Waals surface area (Å²) in [6, 6.07) is 49.0. The van der Waals surface area contributed by atoms with Crippen LogP contribution in [0.5, 0.6) is 0 Å². The van der Waals surface area contributed by atoms with Crippen molar-refractivity contribution in [3.05, 3.63) is 145 Å². The molecule has 2 heterocycles. The van der Waals surface area contributed by atoms with Crippen molar-refractivity contribution in [2.24, 2.45) is 0 Å². The summed E-state index contributed by atoms with van der Waals surface area (Å²) >= 11 is 0. The fourth-order valence-corrected chi connectivity index (χ4v) is 7.48. The van der Waals surface area contributed by atoms with Crippen molar-refractivity contribution in [3.8, 4) is 22.5 Å². The Balaban J connectivity index is 1.43. The summed E-state index contributed by atoms with van der Waals surface area (Å²) in [5.41, 5.74) is 12.8. The van der Waals surface area contributed by atoms with Crippen molar-refractivity contribution >= 4 is 43.6 Å². The third-order valence-electron chi connectivity index (χ3n) is 9.31. The van der Waals surface area contributed by atoms with Gasteiger partial charge in [0.15, 0.2) is 0 Å². The fraction of sp³-hybridized carbons (Fsp3) is 0.0769. The Labute approximate surface area is 238 Å². The first kappa shape index (κ1) is 22.7. The number of hydrogen-bond acceptors (Lipinski definition) is 0. The summed E-state index contributed by atoms with van der Waals surface area (Å²) in [6.45, 7) is 4.69. The number of benzene rings is 6. The van der Waals surface area contributed by atoms with E-state index in [9.17, 15) is 0 Å². The molecule has 0 radical (unpaired) electrons. The van der Waals surface area contributed by atoms with E-state index in [4.69, 9.17) is 0 Å². The molecular formula is C39H28N2. The number of nitrogens with zero attached hydrogens (tertiary/aromatic N) is 2. The molecule has 2 nitrogen and oxygen atoms in total. The van der Waals surface area contributed by atoms with E-state index in [1.165, 1.54) is 77.2 Å². The standard InChI is InChI=1S/C39H28N2/c1-39(2)32-17-9-6-14-27(32)31-24-26(20-22-33(31)39)40-35-19-11-8-16-30(35)37-36(40)23-21-29-28-15-7-10-18-34(28)41(38(29)37)25-12-4-3-5-13-25/h3-24H,1-2H3. The van der Waals surface area contributed by atoms with E-state index >= 15 is 0 Å². The second-order valence-corrected chi connectivity index (χ2v) is 11.8. The van der Waals surface area contributed by atoms with E-state index in [1.807, 2.05) is 0 Å². The summed E-state index contributed by atoms with van der Waals surface area (Å²) in [5.74, 6) is 0. The van der Waals surface area contributed by atoms with Gasteiger partial charge in [0, 0.05) is 38.3 Å². The molecule has 1 aliphatic rings. The van der Waals surface area contributed by atoms with Gasteiger partial charge in [-0.1, -0.05) is 105 Å². The van der Waals surface area contributed by atoms with Crippen molar-refractivity contribution in [1.29, 1.82) is 0 Å². The highest BCUT2D eigenvalue weighted by molar-refractivity contribution is 6.26. The van der Waals surface area contributed by atoms with Crippen LogP contribution in [0, 0.1) is 0 Å². The molecule has 0 amide bonds. The molecule has 9 rings (SSSR count). The van der Waals surface area contributed by atoms with Crippen LogP contribution in [-0.4, -0.2) is 9.13 Å². The molecule has 194 valence electrons. The Morgan fingerprint density at radius 2 is 1.10 bits per heavy atom. The molecule has 0 saturated heterocycles. The third kappa shape index (κ3) is 2.92. The summed E-state index contributed by atoms with van der Waals surface area (Å²) in [7, 11) is 0. The first-order valence-electron chi connectivity index (χ1n) is 14.4. The van der Waals surface area contributed by atoms with Crippen LogP contribution in [0.4, 0.5) is 0 Å². The van der Waals surface area contributed by atoms with Gasteiger partial charge in [0.1, 0.15) is 0 Å². The maximum atomic E-state index is 2.46. The van der Waals surface area contributed by atoms with Crippen molar-refractivity contribution in [2.75, 3.05) is 0 Å². The van der Waals surface area contributed by atoms with Gasteiger partial charge in [0.2, 0.25) is 0 Å². The number of hydrogen-bond donors (Lipinski definition) is 0. The Kier molecular flexibility index (Phi) is 4.42. The maximum absolute atomic E-state index is 2.46. The average molecular weight is 525 g/mol.